The fourth-order valence-electron chi connectivity index (χ4n) is 10.00. The van der Waals surface area contributed by atoms with E-state index in [2.05, 4.69) is 84.0 Å². The van der Waals surface area contributed by atoms with E-state index >= 15 is 0 Å². The van der Waals surface area contributed by atoms with E-state index in [1.807, 2.05) is 18.2 Å². The van der Waals surface area contributed by atoms with E-state index in [-0.39, 0.29) is 111 Å². The zero-order valence-corrected chi connectivity index (χ0v) is 54.5. The van der Waals surface area contributed by atoms with Crippen LogP contribution >= 0.6 is 34.0 Å². The van der Waals surface area contributed by atoms with Crippen LogP contribution in [0.25, 0.3) is 33.0 Å². The monoisotopic (exact) mass is 1400 g/mol. The van der Waals surface area contributed by atoms with Crippen LogP contribution in [0, 0.1) is 0 Å². The highest BCUT2D eigenvalue weighted by Gasteiger charge is 2.39. The topological polar surface area (TPSA) is 539 Å². The number of hydrogen-bond acceptors (Lipinski definition) is 23. The molecule has 514 valence electrons. The second-order valence-corrected chi connectivity index (χ2v) is 24.8. The lowest BCUT2D eigenvalue weighted by atomic mass is 10.0. The van der Waals surface area contributed by atoms with Crippen molar-refractivity contribution < 1.29 is 79.5 Å². The standard InChI is InChI=1S/C61H66N18O16S3/c1-26-48(84)68-28(3)56-75-39(22-95-56)47-32(11-12-35(71-47)58-77-40(24-97-58)53(89)67-27(2)49(85)73-36(14-16-45(63)82)60(92)79-17-7-10-43(79)61(93)94)50(86)74-37(18-30-19-64-33-9-6-5-8-31(30)33)51(87)65-20-46(83)70-38(21-80)59-78-41(25-98-59)54(90)69-29(4)57-76-42(23-96-57)55(91)72-34(52(88)66-26)13-15-44(62)81/h5-6,8-9,11-12,19,22-27,34,36-38,43,56,64,75,80H,3-4,7,10,13-18,20-21H2,1-2H3,(H2,62,81)(H2,63,82)(H,65,87)(H,66,88)(H,67,89)(H,68,84)(H,69,90)(H,70,83)(H,72,91)(H,73,85)(H,74,86)(H,93,94). The summed E-state index contributed by atoms with van der Waals surface area (Å²) in [6.07, 6.45) is 0.846. The average molecular weight is 1400 g/mol. The maximum Gasteiger partial charge on any atom is 0.326 e. The molecule has 0 saturated carbocycles. The molecule has 0 radical (unpaired) electrons. The number of aromatic amines is 1. The van der Waals surface area contributed by atoms with Gasteiger partial charge in [0.15, 0.2) is 0 Å². The van der Waals surface area contributed by atoms with Crippen LogP contribution in [-0.2, 0) is 35.1 Å². The minimum Gasteiger partial charge on any atom is -0.495 e. The van der Waals surface area contributed by atoms with E-state index in [1.165, 1.54) is 48.4 Å². The maximum atomic E-state index is 13.8. The highest BCUT2D eigenvalue weighted by atomic mass is 32.1. The third-order valence-corrected chi connectivity index (χ3v) is 17.8. The van der Waals surface area contributed by atoms with Crippen LogP contribution in [-0.4, -0.2) is 215 Å². The molecule has 6 aromatic rings. The number of nitrogens with zero attached hydrogens (tertiary/aromatic N) is 12. The summed E-state index contributed by atoms with van der Waals surface area (Å²) in [7, 11) is 0. The Hall–Kier alpha value is -11.3. The zero-order chi connectivity index (χ0) is 70.6. The normalized spacial score (nSPS) is 20.5. The highest BCUT2D eigenvalue weighted by Crippen LogP contribution is 2.31. The summed E-state index contributed by atoms with van der Waals surface area (Å²) in [6.45, 7) is 9.19. The Bertz CT molecular complexity index is 4350. The van der Waals surface area contributed by atoms with E-state index in [0.29, 0.717) is 12.0 Å². The third-order valence-electron chi connectivity index (χ3n) is 15.1. The average Bonchev–Trinajstić information content (AvgIpc) is 1.52. The number of aromatic nitrogens is 5. The van der Waals surface area contributed by atoms with Gasteiger partial charge in [0.1, 0.15) is 92.9 Å². The Morgan fingerprint density at radius 3 is 2.24 bits per heavy atom. The van der Waals surface area contributed by atoms with Gasteiger partial charge in [0.25, 0.3) is 5.91 Å². The van der Waals surface area contributed by atoms with Crippen LogP contribution in [0.2, 0.25) is 0 Å². The lowest BCUT2D eigenvalue weighted by Gasteiger charge is -2.28. The minimum atomic E-state index is -1.43. The molecule has 34 nitrogen and oxygen atoms in total. The molecule has 1 aromatic carbocycles. The van der Waals surface area contributed by atoms with Crippen LogP contribution in [0.5, 0.6) is 0 Å². The number of likely N-dealkylation sites (tertiary alicyclic amines) is 1. The number of fused-ring (bicyclic) bond motifs is 9. The Morgan fingerprint density at radius 2 is 1.50 bits per heavy atom. The summed E-state index contributed by atoms with van der Waals surface area (Å²) in [5.74, 6) is -10.2. The number of ether oxygens (including phenoxy) is 1. The molecule has 5 aromatic heterocycles. The molecule has 6 bridgehead atoms. The lowest BCUT2D eigenvalue weighted by Crippen LogP contribution is -2.55. The van der Waals surface area contributed by atoms with E-state index in [0.717, 1.165) is 49.8 Å². The number of H-pyrrole nitrogens is 1. The van der Waals surface area contributed by atoms with Crippen molar-refractivity contribution in [3.05, 3.63) is 128 Å². The molecule has 1 saturated heterocycles. The molecule has 1 fully saturated rings. The molecule has 98 heavy (non-hydrogen) atoms. The number of rotatable bonds is 16. The number of carboxylic acid groups (broad SMARTS) is 1. The fourth-order valence-corrected chi connectivity index (χ4v) is 12.3. The molecule has 8 atom stereocenters. The molecule has 5 amide bonds. The molecule has 17 N–H and O–H groups in total. The van der Waals surface area contributed by atoms with Crippen LogP contribution in [0.4, 0.5) is 0 Å². The van der Waals surface area contributed by atoms with Crippen LogP contribution in [0.1, 0.15) is 107 Å². The summed E-state index contributed by atoms with van der Waals surface area (Å²) in [4.78, 5) is 128. The summed E-state index contributed by atoms with van der Waals surface area (Å²) in [6, 6.07) is 0.813. The first kappa shape index (κ1) is 71.0. The number of hydrogen-bond donors (Lipinski definition) is 15. The van der Waals surface area contributed by atoms with E-state index in [9.17, 15) is 74.7 Å². The number of nitrogens with one attached hydrogen (secondary N) is 4. The number of para-hydroxylation sites is 1. The summed E-state index contributed by atoms with van der Waals surface area (Å²) < 4.78 is 5.93. The first-order valence-corrected chi connectivity index (χ1v) is 32.5. The lowest BCUT2D eigenvalue weighted by molar-refractivity contribution is -0.149. The molecule has 0 aliphatic carbocycles. The summed E-state index contributed by atoms with van der Waals surface area (Å²) >= 11 is 2.83. The van der Waals surface area contributed by atoms with Gasteiger partial charge in [0.05, 0.1) is 35.0 Å². The van der Waals surface area contributed by atoms with Crippen LogP contribution < -0.4 is 27.4 Å². The Balaban J connectivity index is 1.06. The summed E-state index contributed by atoms with van der Waals surface area (Å²) in [5.41, 5.74) is 11.3. The van der Waals surface area contributed by atoms with Crippen molar-refractivity contribution in [1.82, 2.24) is 45.8 Å². The fraction of sp³-hybridized carbons (Fsp3) is 0.328. The van der Waals surface area contributed by atoms with Crippen LogP contribution in [0.15, 0.2) is 119 Å². The van der Waals surface area contributed by atoms with Gasteiger partial charge in [0, 0.05) is 59.0 Å². The van der Waals surface area contributed by atoms with Crippen molar-refractivity contribution in [3.8, 4) is 10.7 Å². The number of thiazole rings is 3. The van der Waals surface area contributed by atoms with Crippen molar-refractivity contribution in [1.29, 1.82) is 0 Å². The van der Waals surface area contributed by atoms with E-state index in [1.54, 1.807) is 12.3 Å². The minimum absolute atomic E-state index is 0.0244. The van der Waals surface area contributed by atoms with Gasteiger partial charge in [0.2, 0.25) is 71.1 Å². The number of carbonyl (C=O) groups is 6. The van der Waals surface area contributed by atoms with Gasteiger partial charge in [-0.1, -0.05) is 31.4 Å². The quantitative estimate of drug-likeness (QED) is 0.0648. The molecule has 9 rings (SSSR count). The predicted molar refractivity (Wildman–Crippen MR) is 363 cm³/mol. The number of amides is 5. The van der Waals surface area contributed by atoms with Gasteiger partial charge in [-0.25, -0.2) is 59.7 Å². The number of benzene rings is 1. The van der Waals surface area contributed by atoms with Gasteiger partial charge < -0.3 is 88.0 Å². The molecule has 3 aliphatic heterocycles. The number of aliphatic carboxylic acids is 1. The first-order chi connectivity index (χ1) is 46.7. The smallest absolute Gasteiger partial charge is 0.326 e. The molecule has 3 aliphatic rings. The second-order valence-electron chi connectivity index (χ2n) is 22.2. The number of pyridine rings is 1. The third kappa shape index (κ3) is 17.4. The Kier molecular flexibility index (Phi) is 22.8. The maximum absolute atomic E-state index is 13.8. The SMILES string of the molecule is C=C1N=C(O)c2csc(n2)C(CO)N=C(O)CN=C(O)C(Cc2c[nH]c3ccccc23)N=C(O)c2ccc(-c3nc(C(=O)NC(C)C(=O)NC(CCC(N)=O)C(=O)N4CCCC4C(=O)O)cs3)nc2C2=COC(N2)C(=C)N=C(O)C(C)N=C(O)C(CCC(N)=O)N=C(O)c2csc1n2. The van der Waals surface area contributed by atoms with Crippen molar-refractivity contribution >= 4 is 133 Å². The second kappa shape index (κ2) is 31.5. The number of primary amides is 2. The highest BCUT2D eigenvalue weighted by molar-refractivity contribution is 7.13. The summed E-state index contributed by atoms with van der Waals surface area (Å²) in [5, 5.41) is 113. The Morgan fingerprint density at radius 1 is 0.776 bits per heavy atom. The largest absolute Gasteiger partial charge is 0.495 e. The van der Waals surface area contributed by atoms with Gasteiger partial charge in [-0.2, -0.15) is 0 Å². The number of carbonyl (C=O) groups excluding carboxylic acids is 5. The molecule has 0 spiro atoms. The van der Waals surface area contributed by atoms with Crippen molar-refractivity contribution in [2.75, 3.05) is 19.7 Å². The number of carboxylic acids is 1. The first-order valence-electron chi connectivity index (χ1n) is 29.9. The number of aliphatic imine (C=N–C) groups is 7. The molecule has 8 heterocycles. The Labute approximate surface area is 567 Å². The molecule has 37 heteroatoms. The number of aliphatic hydroxyl groups excluding tert-OH is 8. The van der Waals surface area contributed by atoms with E-state index in [4.69, 9.17) is 21.2 Å². The number of aliphatic hydroxyl groups is 8. The van der Waals surface area contributed by atoms with Gasteiger partial charge in [-0.05, 0) is 63.3 Å². The number of nitrogens with two attached hydrogens (primary N) is 2. The van der Waals surface area contributed by atoms with Crippen LogP contribution in [0.3, 0.4) is 0 Å². The zero-order valence-electron chi connectivity index (χ0n) is 52.1. The van der Waals surface area contributed by atoms with Gasteiger partial charge >= 0.3 is 5.97 Å². The molecule has 8 unspecified atom stereocenters. The molecular weight excluding hydrogens is 1340 g/mol. The van der Waals surface area contributed by atoms with Crippen molar-refractivity contribution in [3.63, 3.8) is 0 Å². The molecular formula is C61H66N18O16S3. The van der Waals surface area contributed by atoms with Crippen molar-refractivity contribution in [2.45, 2.75) is 107 Å². The van der Waals surface area contributed by atoms with E-state index < -0.39 is 138 Å². The van der Waals surface area contributed by atoms with Gasteiger partial charge in [-0.15, -0.1) is 34.0 Å². The predicted octanol–water partition coefficient (Wildman–Crippen LogP) is 4.09. The van der Waals surface area contributed by atoms with Gasteiger partial charge in [-0.3, -0.25) is 24.0 Å². The van der Waals surface area contributed by atoms with Crippen molar-refractivity contribution in [2.24, 2.45) is 46.4 Å².